The Labute approximate surface area is 168 Å². The topological polar surface area (TPSA) is 148 Å². The molecule has 0 amide bonds. The van der Waals surface area contributed by atoms with Crippen molar-refractivity contribution < 1.29 is 14.8 Å². The number of hydrogen-bond donors (Lipinski definition) is 4. The molecule has 0 aliphatic heterocycles. The number of aromatic nitrogens is 2. The second-order valence-electron chi connectivity index (χ2n) is 7.21. The summed E-state index contributed by atoms with van der Waals surface area (Å²) in [7, 11) is 1.48. The monoisotopic (exact) mass is 402 g/mol. The van der Waals surface area contributed by atoms with Gasteiger partial charge in [0.15, 0.2) is 11.5 Å². The number of anilines is 2. The molecule has 10 heteroatoms. The summed E-state index contributed by atoms with van der Waals surface area (Å²) >= 11 is 0. The minimum atomic E-state index is -0.492. The number of nitrogens with one attached hydrogen (secondary N) is 2. The van der Waals surface area contributed by atoms with E-state index in [1.54, 1.807) is 12.1 Å². The first-order valence-corrected chi connectivity index (χ1v) is 9.57. The Morgan fingerprint density at radius 2 is 2.07 bits per heavy atom. The number of nitrogens with two attached hydrogens (primary N) is 1. The maximum Gasteiger partial charge on any atom is 0.329 e. The van der Waals surface area contributed by atoms with Crippen molar-refractivity contribution in [2.75, 3.05) is 24.3 Å². The van der Waals surface area contributed by atoms with Crippen molar-refractivity contribution in [1.82, 2.24) is 9.97 Å². The zero-order valence-electron chi connectivity index (χ0n) is 16.3. The summed E-state index contributed by atoms with van der Waals surface area (Å²) in [6, 6.07) is 5.23. The SMILES string of the molecule is COc1cc(CNc2ncc([N+](=O)[O-])c(NC[C@H]3CC[C@H](N)CC3)n2)ccc1O. The largest absolute Gasteiger partial charge is 0.504 e. The van der Waals surface area contributed by atoms with E-state index in [0.29, 0.717) is 24.8 Å². The Balaban J connectivity index is 1.66. The van der Waals surface area contributed by atoms with Gasteiger partial charge in [0.05, 0.1) is 12.0 Å². The molecular formula is C19H26N6O4. The van der Waals surface area contributed by atoms with Gasteiger partial charge >= 0.3 is 5.69 Å². The summed E-state index contributed by atoms with van der Waals surface area (Å²) in [6.45, 7) is 0.980. The average molecular weight is 402 g/mol. The van der Waals surface area contributed by atoms with Gasteiger partial charge in [-0.15, -0.1) is 0 Å². The van der Waals surface area contributed by atoms with Gasteiger partial charge in [0.1, 0.15) is 6.20 Å². The molecule has 5 N–H and O–H groups in total. The van der Waals surface area contributed by atoms with Crippen molar-refractivity contribution in [3.63, 3.8) is 0 Å². The Morgan fingerprint density at radius 1 is 1.31 bits per heavy atom. The minimum Gasteiger partial charge on any atom is -0.504 e. The lowest BCUT2D eigenvalue weighted by atomic mass is 9.86. The van der Waals surface area contributed by atoms with Crippen molar-refractivity contribution in [1.29, 1.82) is 0 Å². The molecule has 29 heavy (non-hydrogen) atoms. The molecule has 3 rings (SSSR count). The van der Waals surface area contributed by atoms with Gasteiger partial charge in [0.2, 0.25) is 11.8 Å². The van der Waals surface area contributed by atoms with Crippen LogP contribution < -0.4 is 21.1 Å². The van der Waals surface area contributed by atoms with Crippen LogP contribution >= 0.6 is 0 Å². The van der Waals surface area contributed by atoms with Crippen molar-refractivity contribution in [3.05, 3.63) is 40.1 Å². The first-order chi connectivity index (χ1) is 14.0. The molecule has 0 bridgehead atoms. The molecule has 1 aromatic carbocycles. The molecule has 2 aromatic rings. The third-order valence-electron chi connectivity index (χ3n) is 5.11. The first-order valence-electron chi connectivity index (χ1n) is 9.57. The molecule has 0 saturated heterocycles. The summed E-state index contributed by atoms with van der Waals surface area (Å²) < 4.78 is 5.09. The predicted octanol–water partition coefficient (Wildman–Crippen LogP) is 2.64. The standard InChI is InChI=1S/C19H26N6O4/c1-29-17-8-13(4-7-16(17)26)10-22-19-23-11-15(25(27)28)18(24-19)21-9-12-2-5-14(20)6-3-12/h4,7-8,11-12,14,26H,2-3,5-6,9-10,20H2,1H3,(H2,21,22,23,24)/t12-,14-. The fraction of sp³-hybridized carbons (Fsp3) is 0.474. The lowest BCUT2D eigenvalue weighted by Gasteiger charge is -2.26. The highest BCUT2D eigenvalue weighted by molar-refractivity contribution is 5.57. The molecule has 1 fully saturated rings. The maximum atomic E-state index is 11.3. The van der Waals surface area contributed by atoms with E-state index in [0.717, 1.165) is 31.2 Å². The van der Waals surface area contributed by atoms with E-state index in [2.05, 4.69) is 20.6 Å². The molecule has 0 spiro atoms. The summed E-state index contributed by atoms with van der Waals surface area (Å²) in [5, 5.41) is 27.2. The number of phenols is 1. The number of nitro groups is 1. The number of ether oxygens (including phenoxy) is 1. The smallest absolute Gasteiger partial charge is 0.329 e. The number of hydrogen-bond acceptors (Lipinski definition) is 9. The van der Waals surface area contributed by atoms with Gasteiger partial charge < -0.3 is 26.2 Å². The lowest BCUT2D eigenvalue weighted by molar-refractivity contribution is -0.384. The van der Waals surface area contributed by atoms with E-state index in [1.807, 2.05) is 0 Å². The normalized spacial score (nSPS) is 18.8. The van der Waals surface area contributed by atoms with Gasteiger partial charge in [-0.05, 0) is 49.3 Å². The Kier molecular flexibility index (Phi) is 6.65. The van der Waals surface area contributed by atoms with Crippen LogP contribution in [0.25, 0.3) is 0 Å². The number of methoxy groups -OCH3 is 1. The van der Waals surface area contributed by atoms with E-state index < -0.39 is 4.92 Å². The highest BCUT2D eigenvalue weighted by Crippen LogP contribution is 2.28. The van der Waals surface area contributed by atoms with Gasteiger partial charge in [-0.3, -0.25) is 10.1 Å². The van der Waals surface area contributed by atoms with Crippen LogP contribution in [-0.4, -0.2) is 39.7 Å². The van der Waals surface area contributed by atoms with Crippen molar-refractivity contribution >= 4 is 17.5 Å². The quantitative estimate of drug-likeness (QED) is 0.386. The molecule has 156 valence electrons. The Morgan fingerprint density at radius 3 is 2.76 bits per heavy atom. The second-order valence-corrected chi connectivity index (χ2v) is 7.21. The van der Waals surface area contributed by atoms with Gasteiger partial charge in [-0.25, -0.2) is 4.98 Å². The van der Waals surface area contributed by atoms with Crippen LogP contribution in [0.5, 0.6) is 11.5 Å². The molecule has 0 unspecified atom stereocenters. The third-order valence-corrected chi connectivity index (χ3v) is 5.11. The van der Waals surface area contributed by atoms with Gasteiger partial charge in [0.25, 0.3) is 0 Å². The van der Waals surface area contributed by atoms with Crippen LogP contribution in [-0.2, 0) is 6.54 Å². The molecule has 10 nitrogen and oxygen atoms in total. The van der Waals surface area contributed by atoms with E-state index in [1.165, 1.54) is 19.4 Å². The maximum absolute atomic E-state index is 11.3. The van der Waals surface area contributed by atoms with Crippen LogP contribution in [0.1, 0.15) is 31.2 Å². The summed E-state index contributed by atoms with van der Waals surface area (Å²) in [5.74, 6) is 1.31. The highest BCUT2D eigenvalue weighted by atomic mass is 16.6. The van der Waals surface area contributed by atoms with Crippen LogP contribution in [0.2, 0.25) is 0 Å². The van der Waals surface area contributed by atoms with E-state index in [-0.39, 0.29) is 29.2 Å². The minimum absolute atomic E-state index is 0.0537. The van der Waals surface area contributed by atoms with Gasteiger partial charge in [0, 0.05) is 19.1 Å². The molecule has 0 radical (unpaired) electrons. The van der Waals surface area contributed by atoms with Crippen LogP contribution in [0.4, 0.5) is 17.5 Å². The number of benzene rings is 1. The van der Waals surface area contributed by atoms with Crippen LogP contribution in [0.15, 0.2) is 24.4 Å². The number of phenolic OH excluding ortho intramolecular Hbond substituents is 1. The van der Waals surface area contributed by atoms with Gasteiger partial charge in [-0.1, -0.05) is 6.07 Å². The van der Waals surface area contributed by atoms with Crippen LogP contribution in [0, 0.1) is 16.0 Å². The molecule has 1 aromatic heterocycles. The van der Waals surface area contributed by atoms with Crippen molar-refractivity contribution in [2.45, 2.75) is 38.3 Å². The first kappa shape index (κ1) is 20.6. The van der Waals surface area contributed by atoms with Crippen molar-refractivity contribution in [2.24, 2.45) is 11.7 Å². The molecule has 1 heterocycles. The van der Waals surface area contributed by atoms with Crippen molar-refractivity contribution in [3.8, 4) is 11.5 Å². The fourth-order valence-corrected chi connectivity index (χ4v) is 3.37. The summed E-state index contributed by atoms with van der Waals surface area (Å²) in [6.07, 6.45) is 5.15. The number of nitrogens with zero attached hydrogens (tertiary/aromatic N) is 3. The van der Waals surface area contributed by atoms with Gasteiger partial charge in [-0.2, -0.15) is 4.98 Å². The number of aromatic hydroxyl groups is 1. The molecule has 1 saturated carbocycles. The van der Waals surface area contributed by atoms with E-state index in [4.69, 9.17) is 10.5 Å². The molecule has 0 atom stereocenters. The highest BCUT2D eigenvalue weighted by Gasteiger charge is 2.21. The number of rotatable bonds is 8. The zero-order valence-corrected chi connectivity index (χ0v) is 16.3. The zero-order chi connectivity index (χ0) is 20.8. The van der Waals surface area contributed by atoms with E-state index in [9.17, 15) is 15.2 Å². The second kappa shape index (κ2) is 9.37. The summed E-state index contributed by atoms with van der Waals surface area (Å²) in [5.41, 5.74) is 6.62. The molecular weight excluding hydrogens is 376 g/mol. The Hall–Kier alpha value is -3.14. The molecule has 1 aliphatic rings. The lowest BCUT2D eigenvalue weighted by Crippen LogP contribution is -2.29. The third kappa shape index (κ3) is 5.44. The molecule has 1 aliphatic carbocycles. The summed E-state index contributed by atoms with van der Waals surface area (Å²) in [4.78, 5) is 19.2. The Bertz CT molecular complexity index is 855. The average Bonchev–Trinajstić information content (AvgIpc) is 2.72. The predicted molar refractivity (Wildman–Crippen MR) is 109 cm³/mol. The fourth-order valence-electron chi connectivity index (χ4n) is 3.37. The van der Waals surface area contributed by atoms with E-state index >= 15 is 0 Å². The van der Waals surface area contributed by atoms with Crippen LogP contribution in [0.3, 0.4) is 0 Å².